The van der Waals surface area contributed by atoms with Gasteiger partial charge < -0.3 is 25.4 Å². The monoisotopic (exact) mass is 461 g/mol. The van der Waals surface area contributed by atoms with E-state index >= 15 is 0 Å². The second-order valence-corrected chi connectivity index (χ2v) is 10.2. The first-order valence-electron chi connectivity index (χ1n) is 11.7. The topological polar surface area (TPSA) is 108 Å². The number of carbonyl (C=O) groups is 3. The lowest BCUT2D eigenvalue weighted by Gasteiger charge is -2.34. The third-order valence-electron chi connectivity index (χ3n) is 5.75. The fraction of sp³-hybridized carbons (Fsp3) is 0.640. The van der Waals surface area contributed by atoms with Crippen molar-refractivity contribution in [2.75, 3.05) is 7.05 Å². The number of ether oxygens (including phenoxy) is 1. The van der Waals surface area contributed by atoms with E-state index in [4.69, 9.17) is 4.74 Å². The molecule has 0 radical (unpaired) electrons. The molecule has 2 rings (SSSR count). The molecule has 3 N–H and O–H groups in total. The van der Waals surface area contributed by atoms with Crippen LogP contribution in [0.1, 0.15) is 78.3 Å². The smallest absolute Gasteiger partial charge is 0.408 e. The molecule has 8 nitrogen and oxygen atoms in total. The Morgan fingerprint density at radius 3 is 2.15 bits per heavy atom. The number of phenolic OH excluding ortho intramolecular Hbond substituents is 1. The summed E-state index contributed by atoms with van der Waals surface area (Å²) in [4.78, 5) is 40.6. The van der Waals surface area contributed by atoms with E-state index in [-0.39, 0.29) is 23.6 Å². The highest BCUT2D eigenvalue weighted by atomic mass is 16.6. The maximum absolute atomic E-state index is 13.5. The molecule has 3 amide bonds. The maximum Gasteiger partial charge on any atom is 0.408 e. The first kappa shape index (κ1) is 26.5. The minimum absolute atomic E-state index is 0.0748. The molecule has 0 aromatic heterocycles. The number of rotatable bonds is 7. The van der Waals surface area contributed by atoms with E-state index in [1.165, 1.54) is 23.5 Å². The molecule has 1 aromatic carbocycles. The van der Waals surface area contributed by atoms with Crippen LogP contribution < -0.4 is 10.6 Å². The Kier molecular flexibility index (Phi) is 9.14. The van der Waals surface area contributed by atoms with Crippen LogP contribution in [-0.4, -0.2) is 52.6 Å². The van der Waals surface area contributed by atoms with Crippen LogP contribution in [0.3, 0.4) is 0 Å². The highest BCUT2D eigenvalue weighted by Crippen LogP contribution is 2.26. The number of phenols is 1. The zero-order valence-electron chi connectivity index (χ0n) is 20.7. The lowest BCUT2D eigenvalue weighted by molar-refractivity contribution is -0.142. The summed E-state index contributed by atoms with van der Waals surface area (Å²) in [5.41, 5.74) is -0.119. The molecule has 2 atom stereocenters. The SMILES string of the molecule is CC(C)C(NC(=O)OC(C)(C)C)C(=O)N(C)C(C(=O)NC1CCCCC1)c1ccc(O)cc1. The van der Waals surface area contributed by atoms with E-state index in [1.807, 2.05) is 13.8 Å². The normalized spacial score (nSPS) is 16.6. The van der Waals surface area contributed by atoms with Gasteiger partial charge in [0.1, 0.15) is 23.4 Å². The Morgan fingerprint density at radius 2 is 1.64 bits per heavy atom. The van der Waals surface area contributed by atoms with Gasteiger partial charge in [-0.25, -0.2) is 4.79 Å². The minimum Gasteiger partial charge on any atom is -0.508 e. The predicted molar refractivity (Wildman–Crippen MR) is 127 cm³/mol. The van der Waals surface area contributed by atoms with Gasteiger partial charge in [0.15, 0.2) is 0 Å². The van der Waals surface area contributed by atoms with Crippen molar-refractivity contribution in [1.29, 1.82) is 0 Å². The number of carbonyl (C=O) groups excluding carboxylic acids is 3. The molecule has 0 bridgehead atoms. The van der Waals surface area contributed by atoms with E-state index in [1.54, 1.807) is 40.0 Å². The fourth-order valence-electron chi connectivity index (χ4n) is 4.03. The number of aromatic hydroxyl groups is 1. The van der Waals surface area contributed by atoms with Crippen molar-refractivity contribution in [2.24, 2.45) is 5.92 Å². The molecule has 1 fully saturated rings. The summed E-state index contributed by atoms with van der Waals surface area (Å²) in [6.07, 6.45) is 4.45. The summed E-state index contributed by atoms with van der Waals surface area (Å²) in [5.74, 6) is -0.823. The molecule has 33 heavy (non-hydrogen) atoms. The van der Waals surface area contributed by atoms with Gasteiger partial charge in [-0.3, -0.25) is 9.59 Å². The van der Waals surface area contributed by atoms with E-state index in [0.717, 1.165) is 25.7 Å². The molecule has 1 saturated carbocycles. The van der Waals surface area contributed by atoms with Crippen molar-refractivity contribution < 1.29 is 24.2 Å². The van der Waals surface area contributed by atoms with Crippen LogP contribution in [0.25, 0.3) is 0 Å². The van der Waals surface area contributed by atoms with Gasteiger partial charge >= 0.3 is 6.09 Å². The van der Waals surface area contributed by atoms with Gasteiger partial charge in [-0.1, -0.05) is 45.2 Å². The van der Waals surface area contributed by atoms with E-state index in [2.05, 4.69) is 10.6 Å². The van der Waals surface area contributed by atoms with Crippen LogP contribution >= 0.6 is 0 Å². The lowest BCUT2D eigenvalue weighted by Crippen LogP contribution is -2.54. The molecule has 0 saturated heterocycles. The van der Waals surface area contributed by atoms with Crippen molar-refractivity contribution in [1.82, 2.24) is 15.5 Å². The summed E-state index contributed by atoms with van der Waals surface area (Å²) in [5, 5.41) is 15.5. The van der Waals surface area contributed by atoms with Crippen LogP contribution in [0.4, 0.5) is 4.79 Å². The standard InChI is InChI=1S/C25H39N3O5/c1-16(2)20(27-24(32)33-25(3,4)5)23(31)28(6)21(17-12-14-19(29)15-13-17)22(30)26-18-10-8-7-9-11-18/h12-16,18,20-21,29H,7-11H2,1-6H3,(H,26,30)(H,27,32). The number of nitrogens with one attached hydrogen (secondary N) is 2. The van der Waals surface area contributed by atoms with Gasteiger partial charge in [0.05, 0.1) is 0 Å². The van der Waals surface area contributed by atoms with E-state index in [0.29, 0.717) is 5.56 Å². The summed E-state index contributed by atoms with van der Waals surface area (Å²) in [6.45, 7) is 8.90. The Balaban J connectivity index is 2.27. The van der Waals surface area contributed by atoms with Gasteiger partial charge in [0, 0.05) is 13.1 Å². The molecule has 2 unspecified atom stereocenters. The summed E-state index contributed by atoms with van der Waals surface area (Å²) in [6, 6.07) is 4.57. The third-order valence-corrected chi connectivity index (χ3v) is 5.75. The quantitative estimate of drug-likeness (QED) is 0.571. The number of hydrogen-bond acceptors (Lipinski definition) is 5. The summed E-state index contributed by atoms with van der Waals surface area (Å²) < 4.78 is 5.33. The number of hydrogen-bond donors (Lipinski definition) is 3. The Morgan fingerprint density at radius 1 is 1.06 bits per heavy atom. The summed E-state index contributed by atoms with van der Waals surface area (Å²) >= 11 is 0. The van der Waals surface area contributed by atoms with Crippen LogP contribution in [0.2, 0.25) is 0 Å². The molecular weight excluding hydrogens is 422 g/mol. The van der Waals surface area contributed by atoms with Crippen molar-refractivity contribution in [3.05, 3.63) is 29.8 Å². The van der Waals surface area contributed by atoms with Crippen molar-refractivity contribution in [3.8, 4) is 5.75 Å². The number of benzene rings is 1. The molecule has 0 aliphatic heterocycles. The average Bonchev–Trinajstić information content (AvgIpc) is 2.72. The van der Waals surface area contributed by atoms with Gasteiger partial charge in [0.2, 0.25) is 11.8 Å². The minimum atomic E-state index is -0.901. The zero-order chi connectivity index (χ0) is 24.8. The van der Waals surface area contributed by atoms with Crippen molar-refractivity contribution in [2.45, 2.75) is 90.4 Å². The highest BCUT2D eigenvalue weighted by molar-refractivity contribution is 5.92. The van der Waals surface area contributed by atoms with Crippen LogP contribution in [0.5, 0.6) is 5.75 Å². The van der Waals surface area contributed by atoms with Crippen LogP contribution in [0.15, 0.2) is 24.3 Å². The average molecular weight is 462 g/mol. The Hall–Kier alpha value is -2.77. The van der Waals surface area contributed by atoms with Gasteiger partial charge in [-0.2, -0.15) is 0 Å². The molecule has 1 aliphatic carbocycles. The summed E-state index contributed by atoms with van der Waals surface area (Å²) in [7, 11) is 1.56. The van der Waals surface area contributed by atoms with Crippen LogP contribution in [0, 0.1) is 5.92 Å². The molecule has 8 heteroatoms. The molecular formula is C25H39N3O5. The second kappa shape index (κ2) is 11.4. The highest BCUT2D eigenvalue weighted by Gasteiger charge is 2.36. The fourth-order valence-corrected chi connectivity index (χ4v) is 4.03. The number of likely N-dealkylation sites (N-methyl/N-ethyl adjacent to an activating group) is 1. The first-order chi connectivity index (χ1) is 15.4. The zero-order valence-corrected chi connectivity index (χ0v) is 20.7. The largest absolute Gasteiger partial charge is 0.508 e. The van der Waals surface area contributed by atoms with E-state index in [9.17, 15) is 19.5 Å². The van der Waals surface area contributed by atoms with Crippen molar-refractivity contribution in [3.63, 3.8) is 0 Å². The Bertz CT molecular complexity index is 810. The van der Waals surface area contributed by atoms with Gasteiger partial charge in [0.25, 0.3) is 0 Å². The third kappa shape index (κ3) is 7.94. The van der Waals surface area contributed by atoms with Gasteiger partial charge in [-0.05, 0) is 57.2 Å². The number of alkyl carbamates (subject to hydrolysis) is 1. The number of amides is 3. The van der Waals surface area contributed by atoms with E-state index < -0.39 is 29.7 Å². The molecule has 184 valence electrons. The predicted octanol–water partition coefficient (Wildman–Crippen LogP) is 3.89. The maximum atomic E-state index is 13.5. The molecule has 0 heterocycles. The Labute approximate surface area is 197 Å². The first-order valence-corrected chi connectivity index (χ1v) is 11.7. The second-order valence-electron chi connectivity index (χ2n) is 10.2. The molecule has 1 aromatic rings. The van der Waals surface area contributed by atoms with Crippen LogP contribution in [-0.2, 0) is 14.3 Å². The van der Waals surface area contributed by atoms with Crippen molar-refractivity contribution >= 4 is 17.9 Å². The van der Waals surface area contributed by atoms with Gasteiger partial charge in [-0.15, -0.1) is 0 Å². The number of nitrogens with zero attached hydrogens (tertiary/aromatic N) is 1. The molecule has 0 spiro atoms. The molecule has 1 aliphatic rings. The lowest BCUT2D eigenvalue weighted by atomic mass is 9.94.